The molecule has 16 heavy (non-hydrogen) atoms. The molecule has 1 fully saturated rings. The lowest BCUT2D eigenvalue weighted by atomic mass is 10.1. The number of aliphatic imine (C=N–C) groups is 1. The lowest BCUT2D eigenvalue weighted by molar-refractivity contribution is 0.503. The summed E-state index contributed by atoms with van der Waals surface area (Å²) in [5.41, 5.74) is 0. The predicted octanol–water partition coefficient (Wildman–Crippen LogP) is 3.73. The highest BCUT2D eigenvalue weighted by Gasteiger charge is 2.22. The van der Waals surface area contributed by atoms with Gasteiger partial charge in [0.1, 0.15) is 0 Å². The van der Waals surface area contributed by atoms with Gasteiger partial charge in [-0.3, -0.25) is 4.99 Å². The number of halogens is 1. The van der Waals surface area contributed by atoms with E-state index >= 15 is 0 Å². The van der Waals surface area contributed by atoms with Gasteiger partial charge >= 0.3 is 0 Å². The number of nitrogens with one attached hydrogen (secondary N) is 1. The van der Waals surface area contributed by atoms with Gasteiger partial charge in [-0.1, -0.05) is 25.6 Å². The minimum atomic E-state index is 0.579. The molecule has 0 aliphatic carbocycles. The van der Waals surface area contributed by atoms with Crippen molar-refractivity contribution in [2.45, 2.75) is 26.4 Å². The summed E-state index contributed by atoms with van der Waals surface area (Å²) in [5.74, 6) is 1.82. The van der Waals surface area contributed by atoms with Crippen molar-refractivity contribution in [1.29, 1.82) is 0 Å². The minimum Gasteiger partial charge on any atom is -0.361 e. The number of rotatable bonds is 3. The zero-order valence-corrected chi connectivity index (χ0v) is 12.6. The first kappa shape index (κ1) is 12.5. The second kappa shape index (κ2) is 5.56. The van der Waals surface area contributed by atoms with Crippen molar-refractivity contribution in [3.05, 3.63) is 20.8 Å². The highest BCUT2D eigenvalue weighted by Crippen LogP contribution is 2.25. The first-order chi connectivity index (χ1) is 7.66. The maximum absolute atomic E-state index is 4.61. The third-order valence-corrected chi connectivity index (χ3v) is 5.53. The Balaban J connectivity index is 1.92. The Morgan fingerprint density at radius 2 is 2.44 bits per heavy atom. The fraction of sp³-hybridized carbons (Fsp3) is 0.545. The fourth-order valence-corrected chi connectivity index (χ4v) is 4.04. The van der Waals surface area contributed by atoms with Crippen LogP contribution in [0, 0.1) is 5.92 Å². The molecule has 0 unspecified atom stereocenters. The molecule has 1 aromatic heterocycles. The van der Waals surface area contributed by atoms with E-state index < -0.39 is 0 Å². The van der Waals surface area contributed by atoms with Gasteiger partial charge in [-0.25, -0.2) is 0 Å². The Morgan fingerprint density at radius 1 is 1.62 bits per heavy atom. The van der Waals surface area contributed by atoms with Crippen LogP contribution in [-0.2, 0) is 6.54 Å². The van der Waals surface area contributed by atoms with Crippen LogP contribution in [0.3, 0.4) is 0 Å². The van der Waals surface area contributed by atoms with Crippen LogP contribution >= 0.6 is 39.0 Å². The predicted molar refractivity (Wildman–Crippen MR) is 77.4 cm³/mol. The minimum absolute atomic E-state index is 0.579. The summed E-state index contributed by atoms with van der Waals surface area (Å²) in [6.45, 7) is 5.27. The summed E-state index contributed by atoms with van der Waals surface area (Å²) in [6.07, 6.45) is 0. The quantitative estimate of drug-likeness (QED) is 0.918. The highest BCUT2D eigenvalue weighted by molar-refractivity contribution is 9.10. The molecule has 1 aliphatic heterocycles. The van der Waals surface area contributed by atoms with Crippen LogP contribution in [0.25, 0.3) is 0 Å². The van der Waals surface area contributed by atoms with Crippen molar-refractivity contribution in [3.63, 3.8) is 0 Å². The van der Waals surface area contributed by atoms with Gasteiger partial charge in [-0.05, 0) is 33.3 Å². The number of hydrogen-bond acceptors (Lipinski definition) is 3. The normalized spacial score (nSPS) is 23.0. The summed E-state index contributed by atoms with van der Waals surface area (Å²) >= 11 is 7.11. The van der Waals surface area contributed by atoms with Crippen LogP contribution < -0.4 is 5.32 Å². The van der Waals surface area contributed by atoms with E-state index in [1.165, 1.54) is 9.35 Å². The van der Waals surface area contributed by atoms with Crippen LogP contribution in [0.1, 0.15) is 18.7 Å². The number of hydrogen-bond donors (Lipinski definition) is 1. The molecule has 1 aromatic rings. The molecule has 2 heterocycles. The summed E-state index contributed by atoms with van der Waals surface area (Å²) in [7, 11) is 0. The largest absolute Gasteiger partial charge is 0.361 e. The number of thioether (sulfide) groups is 1. The molecule has 1 saturated heterocycles. The topological polar surface area (TPSA) is 24.4 Å². The van der Waals surface area contributed by atoms with Crippen LogP contribution in [-0.4, -0.2) is 17.0 Å². The zero-order valence-electron chi connectivity index (χ0n) is 9.37. The Hall–Kier alpha value is -0.0000000000000000555. The molecule has 0 saturated carbocycles. The Morgan fingerprint density at radius 3 is 3.00 bits per heavy atom. The maximum Gasteiger partial charge on any atom is 0.157 e. The monoisotopic (exact) mass is 318 g/mol. The molecule has 0 aromatic carbocycles. The van der Waals surface area contributed by atoms with Crippen LogP contribution in [0.4, 0.5) is 0 Å². The third-order valence-electron chi connectivity index (χ3n) is 2.57. The molecule has 2 rings (SSSR count). The fourth-order valence-electron chi connectivity index (χ4n) is 1.44. The lowest BCUT2D eigenvalue weighted by Crippen LogP contribution is -2.31. The van der Waals surface area contributed by atoms with E-state index in [2.05, 4.69) is 51.5 Å². The van der Waals surface area contributed by atoms with E-state index in [4.69, 9.17) is 0 Å². The van der Waals surface area contributed by atoms with Crippen molar-refractivity contribution in [2.24, 2.45) is 10.9 Å². The van der Waals surface area contributed by atoms with Crippen molar-refractivity contribution in [1.82, 2.24) is 5.32 Å². The third kappa shape index (κ3) is 3.02. The molecule has 0 bridgehead atoms. The van der Waals surface area contributed by atoms with Gasteiger partial charge in [0.2, 0.25) is 0 Å². The van der Waals surface area contributed by atoms with E-state index in [-0.39, 0.29) is 0 Å². The number of thiophene rings is 1. The SMILES string of the molecule is CC(C)[C@H]1CSC(=NCc2sccc2Br)N1. The van der Waals surface area contributed by atoms with Crippen molar-refractivity contribution in [2.75, 3.05) is 5.75 Å². The molecule has 0 amide bonds. The molecule has 5 heteroatoms. The molecule has 1 atom stereocenters. The first-order valence-electron chi connectivity index (χ1n) is 5.32. The second-order valence-corrected chi connectivity index (χ2v) is 6.98. The van der Waals surface area contributed by atoms with Crippen LogP contribution in [0.15, 0.2) is 20.9 Å². The molecule has 0 spiro atoms. The van der Waals surface area contributed by atoms with E-state index in [0.29, 0.717) is 12.0 Å². The average Bonchev–Trinajstić information content (AvgIpc) is 2.83. The average molecular weight is 319 g/mol. The standard InChI is InChI=1S/C11H15BrN2S2/c1-7(2)9-6-16-11(14-9)13-5-10-8(12)3-4-15-10/h3-4,7,9H,5-6H2,1-2H3,(H,13,14)/t9-/m1/s1. The number of amidine groups is 1. The lowest BCUT2D eigenvalue weighted by Gasteiger charge is -2.12. The maximum atomic E-state index is 4.61. The summed E-state index contributed by atoms with van der Waals surface area (Å²) in [5, 5.41) is 6.66. The summed E-state index contributed by atoms with van der Waals surface area (Å²) in [6, 6.07) is 2.65. The van der Waals surface area contributed by atoms with Crippen molar-refractivity contribution >= 4 is 44.2 Å². The molecule has 1 aliphatic rings. The van der Waals surface area contributed by atoms with Gasteiger partial charge in [0.15, 0.2) is 5.17 Å². The van der Waals surface area contributed by atoms with E-state index in [9.17, 15) is 0 Å². The Kier molecular flexibility index (Phi) is 4.33. The van der Waals surface area contributed by atoms with Crippen molar-refractivity contribution < 1.29 is 0 Å². The summed E-state index contributed by atoms with van der Waals surface area (Å²) < 4.78 is 1.17. The molecule has 2 nitrogen and oxygen atoms in total. The van der Waals surface area contributed by atoms with Crippen LogP contribution in [0.5, 0.6) is 0 Å². The molecule has 1 N–H and O–H groups in total. The smallest absolute Gasteiger partial charge is 0.157 e. The van der Waals surface area contributed by atoms with Crippen molar-refractivity contribution in [3.8, 4) is 0 Å². The van der Waals surface area contributed by atoms with Gasteiger partial charge < -0.3 is 5.32 Å². The Labute approximate surface area is 113 Å². The summed E-state index contributed by atoms with van der Waals surface area (Å²) in [4.78, 5) is 5.90. The second-order valence-electron chi connectivity index (χ2n) is 4.12. The van der Waals surface area contributed by atoms with E-state index in [1.54, 1.807) is 11.3 Å². The van der Waals surface area contributed by atoms with E-state index in [0.717, 1.165) is 17.5 Å². The van der Waals surface area contributed by atoms with E-state index in [1.807, 2.05) is 11.8 Å². The molecule has 88 valence electrons. The zero-order chi connectivity index (χ0) is 11.5. The number of nitrogens with zero attached hydrogens (tertiary/aromatic N) is 1. The van der Waals surface area contributed by atoms with Crippen LogP contribution in [0.2, 0.25) is 0 Å². The molecular weight excluding hydrogens is 304 g/mol. The van der Waals surface area contributed by atoms with Gasteiger partial charge in [0.25, 0.3) is 0 Å². The molecule has 0 radical (unpaired) electrons. The Bertz CT molecular complexity index is 387. The van der Waals surface area contributed by atoms with Gasteiger partial charge in [0.05, 0.1) is 6.54 Å². The first-order valence-corrected chi connectivity index (χ1v) is 7.98. The van der Waals surface area contributed by atoms with Gasteiger partial charge in [-0.2, -0.15) is 0 Å². The molecular formula is C11H15BrN2S2. The highest BCUT2D eigenvalue weighted by atomic mass is 79.9. The van der Waals surface area contributed by atoms with Gasteiger partial charge in [-0.15, -0.1) is 11.3 Å². The van der Waals surface area contributed by atoms with Gasteiger partial charge in [0, 0.05) is 21.1 Å².